The molecular weight excluding hydrogens is 166 g/mol. The van der Waals surface area contributed by atoms with Crippen LogP contribution in [0.4, 0.5) is 0 Å². The lowest BCUT2D eigenvalue weighted by Gasteiger charge is -2.04. The molecule has 1 rings (SSSR count). The summed E-state index contributed by atoms with van der Waals surface area (Å²) in [6.45, 7) is 0.415. The Balaban J connectivity index is 2.99. The van der Waals surface area contributed by atoms with E-state index < -0.39 is 5.92 Å². The van der Waals surface area contributed by atoms with Crippen LogP contribution in [0.15, 0.2) is 24.3 Å². The summed E-state index contributed by atoms with van der Waals surface area (Å²) in [5.41, 5.74) is 7.05. The molecule has 0 fully saturated rings. The van der Waals surface area contributed by atoms with Gasteiger partial charge in [-0.25, -0.2) is 0 Å². The van der Waals surface area contributed by atoms with Crippen LogP contribution in [0.2, 0.25) is 0 Å². The van der Waals surface area contributed by atoms with E-state index in [4.69, 9.17) is 5.73 Å². The molecule has 0 atom stereocenters. The second-order valence-electron chi connectivity index (χ2n) is 2.75. The molecule has 1 aromatic carbocycles. The molecule has 2 N–H and O–H groups in total. The first kappa shape index (κ1) is 9.61. The molecule has 0 radical (unpaired) electrons. The Kier molecular flexibility index (Phi) is 3.34. The standard InChI is InChI=1S/C10H11NO2/c11-5-8-2-1-3-9(4-8)10(6-12)7-13/h1-4,6-7,10H,5,11H2. The van der Waals surface area contributed by atoms with Crippen molar-refractivity contribution < 1.29 is 9.59 Å². The van der Waals surface area contributed by atoms with Crippen LogP contribution in [0.5, 0.6) is 0 Å². The van der Waals surface area contributed by atoms with E-state index in [0.29, 0.717) is 24.7 Å². The highest BCUT2D eigenvalue weighted by molar-refractivity contribution is 5.84. The van der Waals surface area contributed by atoms with Gasteiger partial charge in [0.2, 0.25) is 0 Å². The molecule has 0 unspecified atom stereocenters. The first-order valence-corrected chi connectivity index (χ1v) is 4.01. The summed E-state index contributed by atoms with van der Waals surface area (Å²) in [7, 11) is 0. The van der Waals surface area contributed by atoms with Gasteiger partial charge < -0.3 is 15.3 Å². The number of benzene rings is 1. The van der Waals surface area contributed by atoms with Crippen LogP contribution < -0.4 is 5.73 Å². The van der Waals surface area contributed by atoms with Gasteiger partial charge in [0, 0.05) is 6.54 Å². The molecule has 0 aliphatic carbocycles. The summed E-state index contributed by atoms with van der Waals surface area (Å²) >= 11 is 0. The van der Waals surface area contributed by atoms with Gasteiger partial charge in [0.05, 0.1) is 5.92 Å². The molecule has 0 aliphatic heterocycles. The molecule has 0 heterocycles. The Morgan fingerprint density at radius 1 is 1.31 bits per heavy atom. The van der Waals surface area contributed by atoms with E-state index in [1.807, 2.05) is 6.07 Å². The van der Waals surface area contributed by atoms with Crippen molar-refractivity contribution in [1.29, 1.82) is 0 Å². The van der Waals surface area contributed by atoms with Crippen LogP contribution in [0.1, 0.15) is 17.0 Å². The minimum atomic E-state index is -0.661. The van der Waals surface area contributed by atoms with Crippen molar-refractivity contribution in [1.82, 2.24) is 0 Å². The van der Waals surface area contributed by atoms with Gasteiger partial charge in [0.1, 0.15) is 12.6 Å². The molecule has 0 amide bonds. The van der Waals surface area contributed by atoms with Crippen molar-refractivity contribution in [2.75, 3.05) is 0 Å². The SMILES string of the molecule is NCc1cccc(C(C=O)C=O)c1. The normalized spacial score (nSPS) is 10.0. The smallest absolute Gasteiger partial charge is 0.134 e. The predicted octanol–water partition coefficient (Wildman–Crippen LogP) is 0.627. The van der Waals surface area contributed by atoms with Crippen LogP contribution in [-0.2, 0) is 16.1 Å². The fourth-order valence-corrected chi connectivity index (χ4v) is 1.12. The molecule has 3 heteroatoms. The number of aldehydes is 2. The maximum Gasteiger partial charge on any atom is 0.134 e. The monoisotopic (exact) mass is 177 g/mol. The zero-order valence-electron chi connectivity index (χ0n) is 7.14. The van der Waals surface area contributed by atoms with E-state index in [2.05, 4.69) is 0 Å². The Labute approximate surface area is 76.6 Å². The fourth-order valence-electron chi connectivity index (χ4n) is 1.12. The number of rotatable bonds is 4. The number of carbonyl (C=O) groups excluding carboxylic acids is 2. The number of hydrogen-bond donors (Lipinski definition) is 1. The summed E-state index contributed by atoms with van der Waals surface area (Å²) in [5.74, 6) is -0.661. The van der Waals surface area contributed by atoms with E-state index in [9.17, 15) is 9.59 Å². The molecular formula is C10H11NO2. The van der Waals surface area contributed by atoms with E-state index in [-0.39, 0.29) is 0 Å². The van der Waals surface area contributed by atoms with Crippen LogP contribution in [0.25, 0.3) is 0 Å². The minimum absolute atomic E-state index is 0.415. The van der Waals surface area contributed by atoms with Crippen molar-refractivity contribution in [3.8, 4) is 0 Å². The quantitative estimate of drug-likeness (QED) is 0.542. The van der Waals surface area contributed by atoms with Gasteiger partial charge in [0.25, 0.3) is 0 Å². The molecule has 0 bridgehead atoms. The van der Waals surface area contributed by atoms with Crippen molar-refractivity contribution in [2.45, 2.75) is 12.5 Å². The zero-order valence-corrected chi connectivity index (χ0v) is 7.14. The maximum absolute atomic E-state index is 10.5. The van der Waals surface area contributed by atoms with Gasteiger partial charge in [0.15, 0.2) is 0 Å². The molecule has 0 saturated heterocycles. The largest absolute Gasteiger partial charge is 0.326 e. The average Bonchev–Trinajstić information content (AvgIpc) is 2.20. The molecule has 1 aromatic rings. The van der Waals surface area contributed by atoms with E-state index in [1.54, 1.807) is 18.2 Å². The predicted molar refractivity (Wildman–Crippen MR) is 49.2 cm³/mol. The van der Waals surface area contributed by atoms with Gasteiger partial charge in [-0.1, -0.05) is 24.3 Å². The van der Waals surface area contributed by atoms with Crippen molar-refractivity contribution >= 4 is 12.6 Å². The lowest BCUT2D eigenvalue weighted by atomic mass is 10.0. The van der Waals surface area contributed by atoms with Gasteiger partial charge >= 0.3 is 0 Å². The molecule has 3 nitrogen and oxygen atoms in total. The highest BCUT2D eigenvalue weighted by atomic mass is 16.1. The first-order chi connectivity index (χ1) is 6.31. The molecule has 13 heavy (non-hydrogen) atoms. The number of carbonyl (C=O) groups is 2. The van der Waals surface area contributed by atoms with Crippen molar-refractivity contribution in [3.05, 3.63) is 35.4 Å². The second kappa shape index (κ2) is 4.52. The van der Waals surface area contributed by atoms with Crippen molar-refractivity contribution in [2.24, 2.45) is 5.73 Å². The molecule has 0 aromatic heterocycles. The zero-order chi connectivity index (χ0) is 9.68. The third-order valence-electron chi connectivity index (χ3n) is 1.86. The van der Waals surface area contributed by atoms with Gasteiger partial charge in [-0.3, -0.25) is 0 Å². The topological polar surface area (TPSA) is 60.2 Å². The highest BCUT2D eigenvalue weighted by Crippen LogP contribution is 2.12. The molecule has 68 valence electrons. The second-order valence-corrected chi connectivity index (χ2v) is 2.75. The summed E-state index contributed by atoms with van der Waals surface area (Å²) in [4.78, 5) is 20.9. The van der Waals surface area contributed by atoms with Crippen LogP contribution in [0, 0.1) is 0 Å². The van der Waals surface area contributed by atoms with Crippen LogP contribution in [-0.4, -0.2) is 12.6 Å². The highest BCUT2D eigenvalue weighted by Gasteiger charge is 2.08. The van der Waals surface area contributed by atoms with Crippen LogP contribution in [0.3, 0.4) is 0 Å². The Morgan fingerprint density at radius 3 is 2.54 bits per heavy atom. The van der Waals surface area contributed by atoms with Crippen LogP contribution >= 0.6 is 0 Å². The summed E-state index contributed by atoms with van der Waals surface area (Å²) in [6, 6.07) is 7.16. The summed E-state index contributed by atoms with van der Waals surface area (Å²) < 4.78 is 0. The maximum atomic E-state index is 10.5. The lowest BCUT2D eigenvalue weighted by molar-refractivity contribution is -0.116. The van der Waals surface area contributed by atoms with E-state index in [1.165, 1.54) is 0 Å². The van der Waals surface area contributed by atoms with Gasteiger partial charge in [-0.2, -0.15) is 0 Å². The Hall–Kier alpha value is -1.48. The van der Waals surface area contributed by atoms with E-state index >= 15 is 0 Å². The third-order valence-corrected chi connectivity index (χ3v) is 1.86. The number of hydrogen-bond acceptors (Lipinski definition) is 3. The first-order valence-electron chi connectivity index (χ1n) is 4.01. The molecule has 0 aliphatic rings. The fraction of sp³-hybridized carbons (Fsp3) is 0.200. The lowest BCUT2D eigenvalue weighted by Crippen LogP contribution is -2.03. The summed E-state index contributed by atoms with van der Waals surface area (Å²) in [6.07, 6.45) is 1.26. The van der Waals surface area contributed by atoms with Crippen molar-refractivity contribution in [3.63, 3.8) is 0 Å². The average molecular weight is 177 g/mol. The Bertz CT molecular complexity index is 302. The number of nitrogens with two attached hydrogens (primary N) is 1. The molecule has 0 saturated carbocycles. The van der Waals surface area contributed by atoms with Gasteiger partial charge in [-0.05, 0) is 11.1 Å². The molecule has 0 spiro atoms. The minimum Gasteiger partial charge on any atom is -0.326 e. The Morgan fingerprint density at radius 2 is 2.00 bits per heavy atom. The third kappa shape index (κ3) is 2.23. The van der Waals surface area contributed by atoms with Gasteiger partial charge in [-0.15, -0.1) is 0 Å². The van der Waals surface area contributed by atoms with E-state index in [0.717, 1.165) is 5.56 Å². The summed E-state index contributed by atoms with van der Waals surface area (Å²) in [5, 5.41) is 0.